The predicted octanol–water partition coefficient (Wildman–Crippen LogP) is 4.72. The number of amides is 1. The average molecular weight is 438 g/mol. The van der Waals surface area contributed by atoms with Gasteiger partial charge in [-0.25, -0.2) is 0 Å². The summed E-state index contributed by atoms with van der Waals surface area (Å²) in [6, 6.07) is 14.1. The third-order valence-electron chi connectivity index (χ3n) is 5.85. The maximum Gasteiger partial charge on any atom is 0.298 e. The number of para-hydroxylation sites is 2. The maximum atomic E-state index is 12.9. The molecule has 3 aromatic rings. The zero-order valence-electron chi connectivity index (χ0n) is 19.0. The van der Waals surface area contributed by atoms with Crippen molar-refractivity contribution in [2.45, 2.75) is 39.7 Å². The molecule has 0 radical (unpaired) electrons. The molecule has 2 aromatic carbocycles. The summed E-state index contributed by atoms with van der Waals surface area (Å²) < 4.78 is 17.2. The molecule has 2 heterocycles. The smallest absolute Gasteiger partial charge is 0.298 e. The molecular weight excluding hydrogens is 406 g/mol. The van der Waals surface area contributed by atoms with Gasteiger partial charge in [0.05, 0.1) is 19.3 Å². The molecular formula is C25H31N3O4. The molecule has 0 spiro atoms. The normalized spacial score (nSPS) is 15.5. The highest BCUT2D eigenvalue weighted by Gasteiger charge is 2.28. The number of aromatic nitrogens is 1. The van der Waals surface area contributed by atoms with Crippen molar-refractivity contribution in [1.82, 2.24) is 10.3 Å². The Morgan fingerprint density at radius 3 is 2.56 bits per heavy atom. The molecule has 1 aliphatic rings. The maximum absolute atomic E-state index is 12.9. The fourth-order valence-corrected chi connectivity index (χ4v) is 4.08. The van der Waals surface area contributed by atoms with E-state index in [9.17, 15) is 4.79 Å². The minimum Gasteiger partial charge on any atom is -0.490 e. The minimum atomic E-state index is -0.118. The lowest BCUT2D eigenvalue weighted by Crippen LogP contribution is -2.41. The van der Waals surface area contributed by atoms with E-state index in [0.717, 1.165) is 48.3 Å². The van der Waals surface area contributed by atoms with Crippen LogP contribution in [0.3, 0.4) is 0 Å². The van der Waals surface area contributed by atoms with E-state index in [2.05, 4.69) is 15.2 Å². The van der Waals surface area contributed by atoms with Gasteiger partial charge in [-0.3, -0.25) is 4.79 Å². The lowest BCUT2D eigenvalue weighted by Gasteiger charge is -2.30. The van der Waals surface area contributed by atoms with Crippen molar-refractivity contribution in [1.29, 1.82) is 0 Å². The highest BCUT2D eigenvalue weighted by molar-refractivity contribution is 5.79. The van der Waals surface area contributed by atoms with Crippen LogP contribution in [0.1, 0.15) is 45.2 Å². The Hall–Kier alpha value is -3.22. The zero-order valence-corrected chi connectivity index (χ0v) is 19.0. The van der Waals surface area contributed by atoms with Crippen molar-refractivity contribution < 1.29 is 18.7 Å². The third kappa shape index (κ3) is 4.82. The Morgan fingerprint density at radius 2 is 1.84 bits per heavy atom. The number of rotatable bonds is 8. The molecule has 4 rings (SSSR count). The Balaban J connectivity index is 1.34. The van der Waals surface area contributed by atoms with E-state index in [4.69, 9.17) is 13.9 Å². The van der Waals surface area contributed by atoms with Crippen molar-refractivity contribution >= 4 is 23.0 Å². The van der Waals surface area contributed by atoms with Gasteiger partial charge in [-0.1, -0.05) is 18.2 Å². The molecule has 1 saturated heterocycles. The second kappa shape index (κ2) is 9.94. The van der Waals surface area contributed by atoms with E-state index in [1.807, 2.05) is 63.2 Å². The van der Waals surface area contributed by atoms with Crippen LogP contribution in [0.4, 0.5) is 6.01 Å². The second-order valence-electron chi connectivity index (χ2n) is 8.03. The average Bonchev–Trinajstić information content (AvgIpc) is 3.25. The zero-order chi connectivity index (χ0) is 22.5. The van der Waals surface area contributed by atoms with Crippen molar-refractivity contribution in [2.24, 2.45) is 5.92 Å². The molecule has 1 aromatic heterocycles. The highest BCUT2D eigenvalue weighted by atomic mass is 16.5. The fourth-order valence-electron chi connectivity index (χ4n) is 4.08. The Morgan fingerprint density at radius 1 is 1.12 bits per heavy atom. The largest absolute Gasteiger partial charge is 0.490 e. The predicted molar refractivity (Wildman–Crippen MR) is 124 cm³/mol. The summed E-state index contributed by atoms with van der Waals surface area (Å²) in [5.41, 5.74) is 2.64. The number of nitrogens with one attached hydrogen (secondary N) is 1. The Kier molecular flexibility index (Phi) is 6.83. The van der Waals surface area contributed by atoms with Gasteiger partial charge >= 0.3 is 0 Å². The number of hydrogen-bond donors (Lipinski definition) is 1. The van der Waals surface area contributed by atoms with E-state index >= 15 is 0 Å². The van der Waals surface area contributed by atoms with E-state index in [1.165, 1.54) is 0 Å². The molecule has 7 heteroatoms. The van der Waals surface area contributed by atoms with Gasteiger partial charge < -0.3 is 24.1 Å². The first-order valence-electron chi connectivity index (χ1n) is 11.4. The molecule has 1 amide bonds. The molecule has 1 aliphatic heterocycles. The quantitative estimate of drug-likeness (QED) is 0.550. The van der Waals surface area contributed by atoms with Crippen molar-refractivity contribution in [3.63, 3.8) is 0 Å². The molecule has 7 nitrogen and oxygen atoms in total. The summed E-state index contributed by atoms with van der Waals surface area (Å²) in [4.78, 5) is 19.6. The van der Waals surface area contributed by atoms with Crippen molar-refractivity contribution in [3.8, 4) is 11.5 Å². The number of benzene rings is 2. The van der Waals surface area contributed by atoms with Crippen LogP contribution in [-0.2, 0) is 4.79 Å². The van der Waals surface area contributed by atoms with Crippen LogP contribution in [-0.4, -0.2) is 37.2 Å². The lowest BCUT2D eigenvalue weighted by atomic mass is 9.95. The highest BCUT2D eigenvalue weighted by Crippen LogP contribution is 2.31. The van der Waals surface area contributed by atoms with Gasteiger partial charge in [-0.2, -0.15) is 4.98 Å². The summed E-state index contributed by atoms with van der Waals surface area (Å²) in [6.45, 7) is 8.52. The van der Waals surface area contributed by atoms with Gasteiger partial charge in [0.2, 0.25) is 5.91 Å². The van der Waals surface area contributed by atoms with E-state index < -0.39 is 0 Å². The SMILES string of the molecule is CCOc1ccc(C(C)NC(=O)C2CCN(c3nc4ccccc4o3)CC2)cc1OCC. The van der Waals surface area contributed by atoms with Gasteiger partial charge in [-0.15, -0.1) is 0 Å². The first-order chi connectivity index (χ1) is 15.6. The topological polar surface area (TPSA) is 76.8 Å². The number of hydrogen-bond acceptors (Lipinski definition) is 6. The summed E-state index contributed by atoms with van der Waals surface area (Å²) >= 11 is 0. The summed E-state index contributed by atoms with van der Waals surface area (Å²) in [6.07, 6.45) is 1.54. The van der Waals surface area contributed by atoms with Crippen molar-refractivity contribution in [2.75, 3.05) is 31.2 Å². The van der Waals surface area contributed by atoms with Crippen LogP contribution in [0.15, 0.2) is 46.9 Å². The molecule has 32 heavy (non-hydrogen) atoms. The van der Waals surface area contributed by atoms with Gasteiger partial charge in [0, 0.05) is 19.0 Å². The van der Waals surface area contributed by atoms with E-state index in [1.54, 1.807) is 0 Å². The monoisotopic (exact) mass is 437 g/mol. The number of carbonyl (C=O) groups is 1. The van der Waals surface area contributed by atoms with Crippen LogP contribution < -0.4 is 19.7 Å². The van der Waals surface area contributed by atoms with Crippen LogP contribution in [0.25, 0.3) is 11.1 Å². The van der Waals surface area contributed by atoms with Gasteiger partial charge in [-0.05, 0) is 63.4 Å². The van der Waals surface area contributed by atoms with Crippen molar-refractivity contribution in [3.05, 3.63) is 48.0 Å². The molecule has 170 valence electrons. The molecule has 0 saturated carbocycles. The third-order valence-corrected chi connectivity index (χ3v) is 5.85. The molecule has 0 aliphatic carbocycles. The number of piperidine rings is 1. The molecule has 1 atom stereocenters. The van der Waals surface area contributed by atoms with E-state index in [-0.39, 0.29) is 17.9 Å². The fraction of sp³-hybridized carbons (Fsp3) is 0.440. The molecule has 1 unspecified atom stereocenters. The Labute approximate surface area is 188 Å². The van der Waals surface area contributed by atoms with Gasteiger partial charge in [0.1, 0.15) is 5.52 Å². The van der Waals surface area contributed by atoms with Crippen LogP contribution in [0.5, 0.6) is 11.5 Å². The number of anilines is 1. The standard InChI is InChI=1S/C25H31N3O4/c1-4-30-22-11-10-19(16-23(22)31-5-2)17(3)26-24(29)18-12-14-28(15-13-18)25-27-20-8-6-7-9-21(20)32-25/h6-11,16-18H,4-5,12-15H2,1-3H3,(H,26,29). The summed E-state index contributed by atoms with van der Waals surface area (Å²) in [5, 5.41) is 3.17. The summed E-state index contributed by atoms with van der Waals surface area (Å²) in [7, 11) is 0. The van der Waals surface area contributed by atoms with Gasteiger partial charge in [0.25, 0.3) is 6.01 Å². The molecule has 0 bridgehead atoms. The van der Waals surface area contributed by atoms with E-state index in [0.29, 0.717) is 25.0 Å². The first kappa shape index (κ1) is 22.0. The number of nitrogens with zero attached hydrogens (tertiary/aromatic N) is 2. The molecule has 1 fully saturated rings. The number of oxazole rings is 1. The Bertz CT molecular complexity index is 1020. The molecule has 1 N–H and O–H groups in total. The summed E-state index contributed by atoms with van der Waals surface area (Å²) in [5.74, 6) is 1.50. The lowest BCUT2D eigenvalue weighted by molar-refractivity contribution is -0.126. The van der Waals surface area contributed by atoms with Gasteiger partial charge in [0.15, 0.2) is 17.1 Å². The van der Waals surface area contributed by atoms with Crippen LogP contribution >= 0.6 is 0 Å². The number of carbonyl (C=O) groups excluding carboxylic acids is 1. The minimum absolute atomic E-state index is 0.0212. The number of fused-ring (bicyclic) bond motifs is 1. The first-order valence-corrected chi connectivity index (χ1v) is 11.4. The van der Waals surface area contributed by atoms with Crippen LogP contribution in [0.2, 0.25) is 0 Å². The second-order valence-corrected chi connectivity index (χ2v) is 8.03. The van der Waals surface area contributed by atoms with Crippen LogP contribution in [0, 0.1) is 5.92 Å². The number of ether oxygens (including phenoxy) is 2.